The number of fused-ring (bicyclic) bond motifs is 3. The van der Waals surface area contributed by atoms with E-state index in [2.05, 4.69) is 15.2 Å². The number of hydrogen-bond acceptors (Lipinski definition) is 8. The lowest BCUT2D eigenvalue weighted by atomic mass is 9.94. The number of carbonyl (C=O) groups is 1. The summed E-state index contributed by atoms with van der Waals surface area (Å²) in [5.74, 6) is 0.253. The number of halogens is 2. The van der Waals surface area contributed by atoms with Crippen LogP contribution in [-0.2, 0) is 11.8 Å². The van der Waals surface area contributed by atoms with Crippen LogP contribution in [0.25, 0.3) is 22.2 Å². The predicted molar refractivity (Wildman–Crippen MR) is 141 cm³/mol. The van der Waals surface area contributed by atoms with Crippen LogP contribution >= 0.6 is 0 Å². The van der Waals surface area contributed by atoms with Gasteiger partial charge in [0, 0.05) is 31.7 Å². The van der Waals surface area contributed by atoms with Crippen molar-refractivity contribution in [2.45, 2.75) is 69.9 Å². The molecule has 0 spiro atoms. The second-order valence-electron chi connectivity index (χ2n) is 11.2. The van der Waals surface area contributed by atoms with Crippen molar-refractivity contribution in [1.82, 2.24) is 24.6 Å². The van der Waals surface area contributed by atoms with Gasteiger partial charge in [0.1, 0.15) is 23.3 Å². The molecule has 4 atom stereocenters. The topological polar surface area (TPSA) is 103 Å². The smallest absolute Gasteiger partial charge is 0.410 e. The molecule has 12 heteroatoms. The second kappa shape index (κ2) is 9.73. The van der Waals surface area contributed by atoms with E-state index < -0.39 is 35.8 Å². The Morgan fingerprint density at radius 1 is 1.18 bits per heavy atom. The molecule has 2 fully saturated rings. The molecule has 2 aromatic heterocycles. The molecule has 0 aliphatic carbocycles. The van der Waals surface area contributed by atoms with Crippen molar-refractivity contribution < 1.29 is 23.0 Å². The number of anilines is 1. The molecule has 4 heterocycles. The first-order valence-corrected chi connectivity index (χ1v) is 12.8. The number of rotatable bonds is 4. The number of nitrogens with zero attached hydrogens (tertiary/aromatic N) is 6. The summed E-state index contributed by atoms with van der Waals surface area (Å²) in [6, 6.07) is 1.70. The molecule has 39 heavy (non-hydrogen) atoms. The van der Waals surface area contributed by atoms with Gasteiger partial charge >= 0.3 is 6.09 Å². The lowest BCUT2D eigenvalue weighted by Gasteiger charge is -2.44. The lowest BCUT2D eigenvalue weighted by molar-refractivity contribution is -0.0104. The van der Waals surface area contributed by atoms with Crippen molar-refractivity contribution in [1.29, 1.82) is 0 Å². The van der Waals surface area contributed by atoms with Gasteiger partial charge in [0.05, 0.1) is 36.3 Å². The number of aromatic nitrogens is 4. The molecule has 0 N–H and O–H groups in total. The molecular formula is C27H32F2N6O4. The summed E-state index contributed by atoms with van der Waals surface area (Å²) in [7, 11) is 4.64. The number of hydrogen-bond donors (Lipinski definition) is 0. The van der Waals surface area contributed by atoms with Crippen molar-refractivity contribution in [2.75, 3.05) is 19.1 Å². The average Bonchev–Trinajstić information content (AvgIpc) is 3.24. The Kier molecular flexibility index (Phi) is 6.68. The van der Waals surface area contributed by atoms with Crippen LogP contribution in [0.15, 0.2) is 29.3 Å². The summed E-state index contributed by atoms with van der Waals surface area (Å²) in [5, 5.41) is 8.78. The van der Waals surface area contributed by atoms with Gasteiger partial charge in [-0.25, -0.2) is 18.6 Å². The molecule has 2 unspecified atom stereocenters. The molecule has 2 aliphatic rings. The summed E-state index contributed by atoms with van der Waals surface area (Å²) in [4.78, 5) is 32.9. The summed E-state index contributed by atoms with van der Waals surface area (Å²) >= 11 is 0. The van der Waals surface area contributed by atoms with Gasteiger partial charge in [0.15, 0.2) is 11.6 Å². The highest BCUT2D eigenvalue weighted by molar-refractivity contribution is 5.89. The third kappa shape index (κ3) is 4.76. The summed E-state index contributed by atoms with van der Waals surface area (Å²) in [6.45, 7) is 5.38. The number of amides is 1. The molecule has 1 amide bonds. The Balaban J connectivity index is 1.39. The third-order valence-electron chi connectivity index (χ3n) is 7.50. The zero-order chi connectivity index (χ0) is 28.2. The highest BCUT2D eigenvalue weighted by Gasteiger charge is 2.52. The van der Waals surface area contributed by atoms with Gasteiger partial charge in [-0.05, 0) is 52.2 Å². The van der Waals surface area contributed by atoms with E-state index >= 15 is 4.39 Å². The largest absolute Gasteiger partial charge is 0.496 e. The monoisotopic (exact) mass is 542 g/mol. The second-order valence-corrected chi connectivity index (χ2v) is 11.2. The number of pyridine rings is 1. The maximum atomic E-state index is 15.8. The standard InChI is InChI=1S/C27H32F2N6O4/c1-27(2,3)39-26(37)35-14-7-8-19(35)23(29)20(9-14)34(5)22-12-30-24(32-31-22)17-10-15-16(11-21(17)38-6)25(36)33(4)13-18(15)28/h10-14,19-20,23H,7-9H2,1-6H3/t14?,19?,20-,23+/m0/s1. The van der Waals surface area contributed by atoms with Crippen LogP contribution in [0.5, 0.6) is 5.75 Å². The number of carbonyl (C=O) groups excluding carboxylic acids is 1. The minimum Gasteiger partial charge on any atom is -0.496 e. The van der Waals surface area contributed by atoms with Crippen LogP contribution in [0.4, 0.5) is 19.4 Å². The van der Waals surface area contributed by atoms with Crippen LogP contribution in [0.2, 0.25) is 0 Å². The minimum absolute atomic E-state index is 0.117. The highest BCUT2D eigenvalue weighted by atomic mass is 19.1. The number of piperidine rings is 1. The van der Waals surface area contributed by atoms with Crippen LogP contribution in [0.3, 0.4) is 0 Å². The zero-order valence-corrected chi connectivity index (χ0v) is 22.8. The predicted octanol–water partition coefficient (Wildman–Crippen LogP) is 3.85. The van der Waals surface area contributed by atoms with E-state index in [1.807, 2.05) is 0 Å². The van der Waals surface area contributed by atoms with E-state index in [4.69, 9.17) is 9.47 Å². The lowest BCUT2D eigenvalue weighted by Crippen LogP contribution is -2.59. The van der Waals surface area contributed by atoms with E-state index in [0.717, 1.165) is 6.20 Å². The Labute approximate surface area is 224 Å². The average molecular weight is 543 g/mol. The highest BCUT2D eigenvalue weighted by Crippen LogP contribution is 2.41. The minimum atomic E-state index is -1.31. The number of methoxy groups -OCH3 is 1. The van der Waals surface area contributed by atoms with Crippen molar-refractivity contribution in [3.05, 3.63) is 40.7 Å². The van der Waals surface area contributed by atoms with Crippen LogP contribution < -0.4 is 15.2 Å². The van der Waals surface area contributed by atoms with E-state index in [1.165, 1.54) is 37.1 Å². The van der Waals surface area contributed by atoms with Crippen LogP contribution in [0, 0.1) is 5.82 Å². The molecule has 0 saturated carbocycles. The number of benzene rings is 1. The van der Waals surface area contributed by atoms with Gasteiger partial charge in [-0.1, -0.05) is 0 Å². The van der Waals surface area contributed by atoms with Crippen molar-refractivity contribution >= 4 is 22.7 Å². The quantitative estimate of drug-likeness (QED) is 0.490. The molecule has 208 valence electrons. The number of ether oxygens (including phenoxy) is 2. The molecule has 3 aromatic rings. The first-order valence-electron chi connectivity index (χ1n) is 12.8. The molecule has 10 nitrogen and oxygen atoms in total. The molecule has 0 radical (unpaired) electrons. The van der Waals surface area contributed by atoms with Crippen LogP contribution in [-0.4, -0.2) is 74.8 Å². The van der Waals surface area contributed by atoms with Crippen molar-refractivity contribution in [2.24, 2.45) is 7.05 Å². The normalized spacial score (nSPS) is 22.7. The summed E-state index contributed by atoms with van der Waals surface area (Å²) in [6.07, 6.45) is 2.49. The van der Waals surface area contributed by atoms with E-state index in [1.54, 1.807) is 37.6 Å². The fourth-order valence-corrected chi connectivity index (χ4v) is 5.60. The zero-order valence-electron chi connectivity index (χ0n) is 22.8. The fourth-order valence-electron chi connectivity index (χ4n) is 5.60. The van der Waals surface area contributed by atoms with Gasteiger partial charge in [-0.15, -0.1) is 10.2 Å². The van der Waals surface area contributed by atoms with Gasteiger partial charge in [-0.2, -0.15) is 0 Å². The molecule has 2 saturated heterocycles. The van der Waals surface area contributed by atoms with E-state index in [-0.39, 0.29) is 28.2 Å². The Hall–Kier alpha value is -3.83. The molecule has 5 rings (SSSR count). The maximum absolute atomic E-state index is 15.8. The summed E-state index contributed by atoms with van der Waals surface area (Å²) < 4.78 is 42.6. The van der Waals surface area contributed by atoms with Crippen molar-refractivity contribution in [3.8, 4) is 17.1 Å². The number of alkyl halides is 1. The molecular weight excluding hydrogens is 510 g/mol. The Morgan fingerprint density at radius 3 is 2.56 bits per heavy atom. The SMILES string of the molecule is COc1cc2c(=O)n(C)cc(F)c2cc1-c1ncc(N(C)[C@H]2CC3CCC([C@H]2F)N3C(=O)OC(C)(C)C)nn1. The van der Waals surface area contributed by atoms with Gasteiger partial charge in [-0.3, -0.25) is 9.69 Å². The third-order valence-corrected chi connectivity index (χ3v) is 7.50. The van der Waals surface area contributed by atoms with Gasteiger partial charge in [0.2, 0.25) is 0 Å². The summed E-state index contributed by atoms with van der Waals surface area (Å²) in [5.41, 5.74) is -0.654. The first-order chi connectivity index (χ1) is 18.4. The molecule has 2 bridgehead atoms. The molecule has 2 aliphatic heterocycles. The van der Waals surface area contributed by atoms with E-state index in [0.29, 0.717) is 36.4 Å². The van der Waals surface area contributed by atoms with E-state index in [9.17, 15) is 14.0 Å². The van der Waals surface area contributed by atoms with Gasteiger partial charge in [0.25, 0.3) is 5.56 Å². The first kappa shape index (κ1) is 26.8. The van der Waals surface area contributed by atoms with Crippen molar-refractivity contribution in [3.63, 3.8) is 0 Å². The Morgan fingerprint density at radius 2 is 1.92 bits per heavy atom. The number of aryl methyl sites for hydroxylation is 1. The van der Waals surface area contributed by atoms with Gasteiger partial charge < -0.3 is 18.9 Å². The maximum Gasteiger partial charge on any atom is 0.410 e. The molecule has 1 aromatic carbocycles. The Bertz CT molecular complexity index is 1470. The fraction of sp³-hybridized carbons (Fsp3) is 0.519. The van der Waals surface area contributed by atoms with Crippen LogP contribution in [0.1, 0.15) is 40.0 Å².